The van der Waals surface area contributed by atoms with Gasteiger partial charge in [0.2, 0.25) is 0 Å². The number of nitrogens with zero attached hydrogens (tertiary/aromatic N) is 1. The van der Waals surface area contributed by atoms with Gasteiger partial charge in [0, 0.05) is 24.7 Å². The second-order valence-corrected chi connectivity index (χ2v) is 7.45. The summed E-state index contributed by atoms with van der Waals surface area (Å²) in [6, 6.07) is 2.57. The largest absolute Gasteiger partial charge is 0.313 e. The molecule has 0 spiro atoms. The lowest BCUT2D eigenvalue weighted by Gasteiger charge is -2.44. The molecule has 3 atom stereocenters. The highest BCUT2D eigenvalue weighted by Crippen LogP contribution is 2.39. The van der Waals surface area contributed by atoms with Crippen LogP contribution in [0.15, 0.2) is 0 Å². The Bertz CT molecular complexity index is 271. The van der Waals surface area contributed by atoms with Crippen LogP contribution in [0.2, 0.25) is 0 Å². The van der Waals surface area contributed by atoms with Crippen LogP contribution in [0, 0.1) is 11.8 Å². The highest BCUT2D eigenvalue weighted by atomic mass is 15.2. The second-order valence-electron chi connectivity index (χ2n) is 7.45. The third kappa shape index (κ3) is 3.33. The van der Waals surface area contributed by atoms with Gasteiger partial charge >= 0.3 is 0 Å². The lowest BCUT2D eigenvalue weighted by atomic mass is 9.77. The van der Waals surface area contributed by atoms with Crippen molar-refractivity contribution in [2.45, 2.75) is 83.3 Å². The zero-order valence-corrected chi connectivity index (χ0v) is 12.9. The van der Waals surface area contributed by atoms with Gasteiger partial charge in [0.05, 0.1) is 0 Å². The smallest absolute Gasteiger partial charge is 0.0195 e. The fraction of sp³-hybridized carbons (Fsp3) is 1.00. The van der Waals surface area contributed by atoms with Crippen LogP contribution in [-0.2, 0) is 0 Å². The van der Waals surface area contributed by atoms with Gasteiger partial charge in [0.25, 0.3) is 0 Å². The van der Waals surface area contributed by atoms with Crippen molar-refractivity contribution in [3.05, 3.63) is 0 Å². The molecule has 2 aliphatic carbocycles. The zero-order valence-electron chi connectivity index (χ0n) is 12.9. The van der Waals surface area contributed by atoms with Crippen molar-refractivity contribution in [2.24, 2.45) is 11.8 Å². The Labute approximate surface area is 119 Å². The maximum absolute atomic E-state index is 3.76. The molecule has 0 aromatic rings. The van der Waals surface area contributed by atoms with Crippen LogP contribution in [0.5, 0.6) is 0 Å². The summed E-state index contributed by atoms with van der Waals surface area (Å²) in [6.45, 7) is 7.58. The minimum atomic E-state index is 0.774. The Morgan fingerprint density at radius 3 is 2.21 bits per heavy atom. The molecule has 2 nitrogen and oxygen atoms in total. The van der Waals surface area contributed by atoms with E-state index < -0.39 is 0 Å². The maximum atomic E-state index is 3.76. The molecule has 2 heteroatoms. The molecule has 1 heterocycles. The molecule has 19 heavy (non-hydrogen) atoms. The van der Waals surface area contributed by atoms with Crippen LogP contribution in [0.3, 0.4) is 0 Å². The lowest BCUT2D eigenvalue weighted by Crippen LogP contribution is -2.53. The van der Waals surface area contributed by atoms with E-state index in [0.717, 1.165) is 30.0 Å². The van der Waals surface area contributed by atoms with E-state index in [1.807, 2.05) is 0 Å². The fourth-order valence-corrected chi connectivity index (χ4v) is 4.57. The highest BCUT2D eigenvalue weighted by Gasteiger charge is 2.40. The summed E-state index contributed by atoms with van der Waals surface area (Å²) in [4.78, 5) is 2.93. The van der Waals surface area contributed by atoms with Gasteiger partial charge in [0.1, 0.15) is 0 Å². The minimum absolute atomic E-state index is 0.774. The summed E-state index contributed by atoms with van der Waals surface area (Å²) < 4.78 is 0. The third-order valence-corrected chi connectivity index (χ3v) is 5.73. The van der Waals surface area contributed by atoms with Crippen molar-refractivity contribution in [3.8, 4) is 0 Å². The molecule has 3 fully saturated rings. The van der Waals surface area contributed by atoms with Gasteiger partial charge in [-0.3, -0.25) is 4.90 Å². The highest BCUT2D eigenvalue weighted by molar-refractivity contribution is 4.96. The van der Waals surface area contributed by atoms with E-state index in [2.05, 4.69) is 24.1 Å². The molecule has 0 aromatic carbocycles. The molecule has 3 aliphatic rings. The van der Waals surface area contributed by atoms with Crippen LogP contribution >= 0.6 is 0 Å². The molecule has 1 aliphatic heterocycles. The predicted molar refractivity (Wildman–Crippen MR) is 81.3 cm³/mol. The van der Waals surface area contributed by atoms with Crippen molar-refractivity contribution in [3.63, 3.8) is 0 Å². The summed E-state index contributed by atoms with van der Waals surface area (Å²) in [5.41, 5.74) is 0. The molecular formula is C17H32N2. The molecule has 0 aromatic heterocycles. The van der Waals surface area contributed by atoms with Crippen molar-refractivity contribution >= 4 is 0 Å². The molecule has 0 amide bonds. The molecule has 110 valence electrons. The number of piperidine rings is 1. The first kappa shape index (κ1) is 13.9. The Kier molecular flexibility index (Phi) is 4.48. The molecule has 2 saturated carbocycles. The minimum Gasteiger partial charge on any atom is -0.313 e. The first-order valence-corrected chi connectivity index (χ1v) is 8.75. The van der Waals surface area contributed by atoms with Crippen LogP contribution in [-0.4, -0.2) is 36.1 Å². The number of hydrogen-bond donors (Lipinski definition) is 1. The van der Waals surface area contributed by atoms with E-state index in [-0.39, 0.29) is 0 Å². The van der Waals surface area contributed by atoms with E-state index >= 15 is 0 Å². The monoisotopic (exact) mass is 264 g/mol. The Morgan fingerprint density at radius 2 is 1.63 bits per heavy atom. The summed E-state index contributed by atoms with van der Waals surface area (Å²) in [5, 5.41) is 3.76. The number of hydrogen-bond acceptors (Lipinski definition) is 2. The van der Waals surface area contributed by atoms with Crippen molar-refractivity contribution in [1.82, 2.24) is 10.2 Å². The molecule has 1 N–H and O–H groups in total. The van der Waals surface area contributed by atoms with Gasteiger partial charge in [-0.25, -0.2) is 0 Å². The molecule has 0 bridgehead atoms. The van der Waals surface area contributed by atoms with Gasteiger partial charge in [-0.1, -0.05) is 26.7 Å². The van der Waals surface area contributed by atoms with E-state index in [4.69, 9.17) is 0 Å². The topological polar surface area (TPSA) is 15.3 Å². The van der Waals surface area contributed by atoms with E-state index in [1.54, 1.807) is 0 Å². The normalized spacial score (nSPS) is 40.6. The average molecular weight is 264 g/mol. The standard InChI is InChI=1S/C17H32N2/c1-13-6-5-7-14(2)17(13)19(16-9-10-16)12-15-8-3-4-11-18-15/h13-18H,3-12H2,1-2H3. The SMILES string of the molecule is CC1CCCC(C)C1N(CC1CCCCN1)C1CC1. The Morgan fingerprint density at radius 1 is 0.895 bits per heavy atom. The van der Waals surface area contributed by atoms with Crippen molar-refractivity contribution in [2.75, 3.05) is 13.1 Å². The summed E-state index contributed by atoms with van der Waals surface area (Å²) >= 11 is 0. The van der Waals surface area contributed by atoms with Crippen LogP contribution in [0.1, 0.15) is 65.2 Å². The fourth-order valence-electron chi connectivity index (χ4n) is 4.57. The summed E-state index contributed by atoms with van der Waals surface area (Å²) in [7, 11) is 0. The second kappa shape index (κ2) is 6.13. The molecule has 0 radical (unpaired) electrons. The zero-order chi connectivity index (χ0) is 13.2. The average Bonchev–Trinajstić information content (AvgIpc) is 3.23. The Hall–Kier alpha value is -0.0800. The maximum Gasteiger partial charge on any atom is 0.0195 e. The number of rotatable bonds is 4. The third-order valence-electron chi connectivity index (χ3n) is 5.73. The molecule has 3 rings (SSSR count). The van der Waals surface area contributed by atoms with E-state index in [0.29, 0.717) is 0 Å². The first-order valence-electron chi connectivity index (χ1n) is 8.75. The van der Waals surface area contributed by atoms with Crippen molar-refractivity contribution in [1.29, 1.82) is 0 Å². The van der Waals surface area contributed by atoms with Gasteiger partial charge in [-0.05, 0) is 56.9 Å². The summed E-state index contributed by atoms with van der Waals surface area (Å²) in [5.74, 6) is 1.82. The quantitative estimate of drug-likeness (QED) is 0.837. The lowest BCUT2D eigenvalue weighted by molar-refractivity contribution is 0.0515. The first-order chi connectivity index (χ1) is 9.25. The van der Waals surface area contributed by atoms with Crippen molar-refractivity contribution < 1.29 is 0 Å². The molecule has 3 unspecified atom stereocenters. The number of nitrogens with one attached hydrogen (secondary N) is 1. The van der Waals surface area contributed by atoms with Gasteiger partial charge in [-0.15, -0.1) is 0 Å². The summed E-state index contributed by atoms with van der Waals surface area (Å²) in [6.07, 6.45) is 11.5. The van der Waals surface area contributed by atoms with Gasteiger partial charge in [0.15, 0.2) is 0 Å². The van der Waals surface area contributed by atoms with Crippen LogP contribution < -0.4 is 5.32 Å². The van der Waals surface area contributed by atoms with Gasteiger partial charge < -0.3 is 5.32 Å². The Balaban J connectivity index is 1.65. The van der Waals surface area contributed by atoms with Gasteiger partial charge in [-0.2, -0.15) is 0 Å². The molecular weight excluding hydrogens is 232 g/mol. The van der Waals surface area contributed by atoms with Crippen LogP contribution in [0.4, 0.5) is 0 Å². The van der Waals surface area contributed by atoms with E-state index in [9.17, 15) is 0 Å². The van der Waals surface area contributed by atoms with E-state index in [1.165, 1.54) is 64.5 Å². The molecule has 1 saturated heterocycles. The predicted octanol–water partition coefficient (Wildman–Crippen LogP) is 3.42. The van der Waals surface area contributed by atoms with Crippen LogP contribution in [0.25, 0.3) is 0 Å².